The Morgan fingerprint density at radius 2 is 2.09 bits per heavy atom. The van der Waals surface area contributed by atoms with Crippen LogP contribution in [-0.2, 0) is 4.79 Å². The molecular formula is C16H19N3O3. The first-order valence-corrected chi connectivity index (χ1v) is 7.33. The lowest BCUT2D eigenvalue weighted by Crippen LogP contribution is -2.38. The molecule has 6 nitrogen and oxygen atoms in total. The quantitative estimate of drug-likeness (QED) is 0.867. The summed E-state index contributed by atoms with van der Waals surface area (Å²) in [5, 5.41) is 20.3. The number of carbonyl (C=O) groups is 2. The van der Waals surface area contributed by atoms with Crippen LogP contribution in [0.3, 0.4) is 0 Å². The molecule has 0 radical (unpaired) electrons. The first-order chi connectivity index (χ1) is 10.6. The number of amides is 1. The third-order valence-corrected chi connectivity index (χ3v) is 3.88. The van der Waals surface area contributed by atoms with E-state index < -0.39 is 5.97 Å². The van der Waals surface area contributed by atoms with Gasteiger partial charge in [-0.2, -0.15) is 5.26 Å². The summed E-state index contributed by atoms with van der Waals surface area (Å²) in [6.45, 7) is 2.38. The van der Waals surface area contributed by atoms with E-state index in [9.17, 15) is 9.59 Å². The number of aromatic carboxylic acids is 1. The molecular weight excluding hydrogens is 282 g/mol. The Morgan fingerprint density at radius 3 is 2.73 bits per heavy atom. The first-order valence-electron chi connectivity index (χ1n) is 7.33. The minimum absolute atomic E-state index is 0.0631. The second-order valence-corrected chi connectivity index (χ2v) is 5.40. The molecule has 0 aromatic heterocycles. The maximum Gasteiger partial charge on any atom is 0.335 e. The number of carbonyl (C=O) groups excluding carboxylic acids is 1. The lowest BCUT2D eigenvalue weighted by molar-refractivity contribution is -0.121. The van der Waals surface area contributed by atoms with E-state index in [0.29, 0.717) is 12.1 Å². The van der Waals surface area contributed by atoms with Crippen LogP contribution in [0.1, 0.15) is 29.6 Å². The van der Waals surface area contributed by atoms with E-state index in [1.807, 2.05) is 0 Å². The Hall–Kier alpha value is -2.39. The number of hydrogen-bond donors (Lipinski definition) is 2. The first kappa shape index (κ1) is 16.0. The molecule has 1 aliphatic heterocycles. The van der Waals surface area contributed by atoms with Gasteiger partial charge in [0.15, 0.2) is 0 Å². The predicted octanol–water partition coefficient (Wildman–Crippen LogP) is 1.95. The van der Waals surface area contributed by atoms with Crippen LogP contribution in [0.2, 0.25) is 0 Å². The Labute approximate surface area is 129 Å². The third-order valence-electron chi connectivity index (χ3n) is 3.88. The molecule has 0 atom stereocenters. The van der Waals surface area contributed by atoms with Crippen molar-refractivity contribution in [2.24, 2.45) is 5.92 Å². The average Bonchev–Trinajstić information content (AvgIpc) is 2.53. The second kappa shape index (κ2) is 7.57. The molecule has 0 saturated carbocycles. The van der Waals surface area contributed by atoms with Gasteiger partial charge in [-0.25, -0.2) is 4.79 Å². The van der Waals surface area contributed by atoms with Gasteiger partial charge in [-0.05, 0) is 44.1 Å². The maximum absolute atomic E-state index is 12.2. The van der Waals surface area contributed by atoms with Crippen LogP contribution in [-0.4, -0.2) is 41.5 Å². The number of anilines is 1. The molecule has 1 heterocycles. The van der Waals surface area contributed by atoms with Crippen LogP contribution < -0.4 is 5.32 Å². The van der Waals surface area contributed by atoms with Gasteiger partial charge in [-0.1, -0.05) is 6.07 Å². The van der Waals surface area contributed by atoms with Crippen LogP contribution in [0, 0.1) is 17.2 Å². The van der Waals surface area contributed by atoms with Crippen molar-refractivity contribution in [2.75, 3.05) is 25.0 Å². The molecule has 2 rings (SSSR count). The summed E-state index contributed by atoms with van der Waals surface area (Å²) >= 11 is 0. The maximum atomic E-state index is 12.2. The predicted molar refractivity (Wildman–Crippen MR) is 81.4 cm³/mol. The van der Waals surface area contributed by atoms with Crippen LogP contribution >= 0.6 is 0 Å². The fourth-order valence-electron chi connectivity index (χ4n) is 2.60. The van der Waals surface area contributed by atoms with Crippen molar-refractivity contribution < 1.29 is 14.7 Å². The summed E-state index contributed by atoms with van der Waals surface area (Å²) in [6, 6.07) is 8.38. The molecule has 1 saturated heterocycles. The minimum Gasteiger partial charge on any atom is -0.478 e. The van der Waals surface area contributed by atoms with Gasteiger partial charge in [0, 0.05) is 24.6 Å². The van der Waals surface area contributed by atoms with Crippen molar-refractivity contribution in [3.63, 3.8) is 0 Å². The average molecular weight is 301 g/mol. The Balaban J connectivity index is 1.87. The van der Waals surface area contributed by atoms with E-state index >= 15 is 0 Å². The van der Waals surface area contributed by atoms with Gasteiger partial charge >= 0.3 is 5.97 Å². The number of likely N-dealkylation sites (tertiary alicyclic amines) is 1. The van der Waals surface area contributed by atoms with Crippen molar-refractivity contribution in [3.05, 3.63) is 29.8 Å². The molecule has 2 N–H and O–H groups in total. The summed E-state index contributed by atoms with van der Waals surface area (Å²) in [7, 11) is 0. The second-order valence-electron chi connectivity index (χ2n) is 5.40. The van der Waals surface area contributed by atoms with E-state index in [1.54, 1.807) is 12.1 Å². The molecule has 116 valence electrons. The highest BCUT2D eigenvalue weighted by atomic mass is 16.4. The fraction of sp³-hybridized carbons (Fsp3) is 0.438. The number of piperidine rings is 1. The number of nitrogens with zero attached hydrogens (tertiary/aromatic N) is 2. The molecule has 1 aromatic carbocycles. The Morgan fingerprint density at radius 1 is 1.36 bits per heavy atom. The highest BCUT2D eigenvalue weighted by molar-refractivity contribution is 5.95. The Bertz CT molecular complexity index is 587. The van der Waals surface area contributed by atoms with E-state index in [-0.39, 0.29) is 17.4 Å². The van der Waals surface area contributed by atoms with Crippen LogP contribution in [0.25, 0.3) is 0 Å². The largest absolute Gasteiger partial charge is 0.478 e. The zero-order chi connectivity index (χ0) is 15.9. The van der Waals surface area contributed by atoms with Crippen LogP contribution in [0.4, 0.5) is 5.69 Å². The number of carboxylic acids is 1. The van der Waals surface area contributed by atoms with Crippen molar-refractivity contribution in [1.29, 1.82) is 5.26 Å². The standard InChI is InChI=1S/C16H19N3O3/c17-7-2-8-19-9-5-12(6-10-19)15(20)18-14-4-1-3-13(11-14)16(21)22/h1,3-4,11-12H,2,5-6,8-10H2,(H,18,20)(H,21,22). The number of rotatable bonds is 5. The lowest BCUT2D eigenvalue weighted by atomic mass is 9.95. The summed E-state index contributed by atoms with van der Waals surface area (Å²) in [4.78, 5) is 25.4. The van der Waals surface area contributed by atoms with E-state index in [4.69, 9.17) is 10.4 Å². The molecule has 0 spiro atoms. The van der Waals surface area contributed by atoms with Gasteiger partial charge in [0.2, 0.25) is 5.91 Å². The van der Waals surface area contributed by atoms with Crippen molar-refractivity contribution in [3.8, 4) is 6.07 Å². The van der Waals surface area contributed by atoms with Gasteiger partial charge in [0.1, 0.15) is 0 Å². The third kappa shape index (κ3) is 4.30. The number of benzene rings is 1. The van der Waals surface area contributed by atoms with Gasteiger partial charge in [-0.15, -0.1) is 0 Å². The monoisotopic (exact) mass is 301 g/mol. The van der Waals surface area contributed by atoms with Gasteiger partial charge in [0.05, 0.1) is 11.6 Å². The highest BCUT2D eigenvalue weighted by Crippen LogP contribution is 2.20. The molecule has 0 bridgehead atoms. The zero-order valence-corrected chi connectivity index (χ0v) is 12.3. The summed E-state index contributed by atoms with van der Waals surface area (Å²) in [6.07, 6.45) is 2.03. The van der Waals surface area contributed by atoms with E-state index in [0.717, 1.165) is 32.5 Å². The van der Waals surface area contributed by atoms with E-state index in [2.05, 4.69) is 16.3 Å². The summed E-state index contributed by atoms with van der Waals surface area (Å²) in [5.41, 5.74) is 0.668. The SMILES string of the molecule is N#CCCN1CCC(C(=O)Nc2cccc(C(=O)O)c2)CC1. The molecule has 1 aliphatic rings. The lowest BCUT2D eigenvalue weighted by Gasteiger charge is -2.30. The fourth-order valence-corrected chi connectivity index (χ4v) is 2.60. The van der Waals surface area contributed by atoms with Crippen molar-refractivity contribution in [1.82, 2.24) is 4.90 Å². The summed E-state index contributed by atoms with van der Waals surface area (Å²) in [5.74, 6) is -1.14. The molecule has 22 heavy (non-hydrogen) atoms. The van der Waals surface area contributed by atoms with E-state index in [1.165, 1.54) is 12.1 Å². The summed E-state index contributed by atoms with van der Waals surface area (Å²) < 4.78 is 0. The van der Waals surface area contributed by atoms with Gasteiger partial charge in [0.25, 0.3) is 0 Å². The number of hydrogen-bond acceptors (Lipinski definition) is 4. The number of nitrogens with one attached hydrogen (secondary N) is 1. The number of nitriles is 1. The normalized spacial score (nSPS) is 16.0. The number of carboxylic acid groups (broad SMARTS) is 1. The topological polar surface area (TPSA) is 93.4 Å². The van der Waals surface area contributed by atoms with Gasteiger partial charge < -0.3 is 15.3 Å². The van der Waals surface area contributed by atoms with Crippen molar-refractivity contribution in [2.45, 2.75) is 19.3 Å². The molecule has 6 heteroatoms. The zero-order valence-electron chi connectivity index (χ0n) is 12.3. The molecule has 1 fully saturated rings. The Kier molecular flexibility index (Phi) is 5.50. The van der Waals surface area contributed by atoms with Crippen molar-refractivity contribution >= 4 is 17.6 Å². The minimum atomic E-state index is -1.01. The molecule has 0 aliphatic carbocycles. The molecule has 1 amide bonds. The smallest absolute Gasteiger partial charge is 0.335 e. The van der Waals surface area contributed by atoms with Crippen LogP contribution in [0.5, 0.6) is 0 Å². The van der Waals surface area contributed by atoms with Gasteiger partial charge in [-0.3, -0.25) is 4.79 Å². The molecule has 0 unspecified atom stereocenters. The highest BCUT2D eigenvalue weighted by Gasteiger charge is 2.24. The molecule has 1 aromatic rings. The van der Waals surface area contributed by atoms with Crippen LogP contribution in [0.15, 0.2) is 24.3 Å².